The highest BCUT2D eigenvalue weighted by molar-refractivity contribution is 7.92. The van der Waals surface area contributed by atoms with Crippen LogP contribution in [0, 0.1) is 0 Å². The second-order valence-electron chi connectivity index (χ2n) is 10.9. The van der Waals surface area contributed by atoms with Crippen LogP contribution in [-0.2, 0) is 41.9 Å². The lowest BCUT2D eigenvalue weighted by Gasteiger charge is -2.28. The average Bonchev–Trinajstić information content (AvgIpc) is 2.99. The predicted molar refractivity (Wildman–Crippen MR) is 169 cm³/mol. The van der Waals surface area contributed by atoms with Crippen LogP contribution in [0.1, 0.15) is 63.5 Å². The standard InChI is InChI=1S/C32H47N3O8S/c1-4-10-26(11-5-2)44(40,41)22-28(35-30(36)16-17-31(37)38)32(39)43-29(27(33)19-23-12-7-6-8-13-23)21-34-20-24-14-9-15-25(18-24)42-3/h6-9,12-15,18,26-29,34H,4-5,10-11,16-17,19-22,33H2,1-3H3,(H,35,36)(H,37,38)/t27-,28?,29+/m0/s1. The van der Waals surface area contributed by atoms with Crippen molar-refractivity contribution in [2.45, 2.75) is 88.8 Å². The van der Waals surface area contributed by atoms with Gasteiger partial charge in [-0.25, -0.2) is 13.2 Å². The van der Waals surface area contributed by atoms with E-state index in [1.54, 1.807) is 7.11 Å². The second-order valence-corrected chi connectivity index (χ2v) is 13.2. The Morgan fingerprint density at radius 3 is 2.23 bits per heavy atom. The topological polar surface area (TPSA) is 174 Å². The van der Waals surface area contributed by atoms with Gasteiger partial charge in [0.2, 0.25) is 5.91 Å². The molecule has 12 heteroatoms. The first-order valence-corrected chi connectivity index (χ1v) is 16.8. The Hall–Kier alpha value is -3.48. The molecule has 0 radical (unpaired) electrons. The first-order chi connectivity index (χ1) is 21.0. The van der Waals surface area contributed by atoms with E-state index in [0.29, 0.717) is 44.4 Å². The largest absolute Gasteiger partial charge is 0.497 e. The molecule has 2 rings (SSSR count). The number of aliphatic carboxylic acids is 1. The van der Waals surface area contributed by atoms with Crippen LogP contribution in [0.5, 0.6) is 5.75 Å². The van der Waals surface area contributed by atoms with Crippen molar-refractivity contribution in [3.05, 3.63) is 65.7 Å². The smallest absolute Gasteiger partial charge is 0.330 e. The minimum atomic E-state index is -3.82. The van der Waals surface area contributed by atoms with Gasteiger partial charge in [0.15, 0.2) is 9.84 Å². The molecule has 3 atom stereocenters. The lowest BCUT2D eigenvalue weighted by molar-refractivity contribution is -0.153. The number of carboxylic acids is 1. The number of ether oxygens (including phenoxy) is 2. The Labute approximate surface area is 260 Å². The number of benzene rings is 2. The Morgan fingerprint density at radius 2 is 1.61 bits per heavy atom. The van der Waals surface area contributed by atoms with Gasteiger partial charge in [-0.3, -0.25) is 9.59 Å². The normalized spacial score (nSPS) is 13.6. The van der Waals surface area contributed by atoms with E-state index in [2.05, 4.69) is 10.6 Å². The van der Waals surface area contributed by atoms with Crippen LogP contribution in [0.15, 0.2) is 54.6 Å². The SMILES string of the molecule is CCCC(CCC)S(=O)(=O)CC(NC(=O)CCC(=O)O)C(=O)O[C@H](CNCc1cccc(OC)c1)[C@@H](N)Cc1ccccc1. The predicted octanol–water partition coefficient (Wildman–Crippen LogP) is 3.00. The molecule has 44 heavy (non-hydrogen) atoms. The van der Waals surface area contributed by atoms with E-state index in [0.717, 1.165) is 11.1 Å². The summed E-state index contributed by atoms with van der Waals surface area (Å²) in [6.45, 7) is 4.34. The molecular formula is C32H47N3O8S. The zero-order chi connectivity index (χ0) is 32.5. The summed E-state index contributed by atoms with van der Waals surface area (Å²) in [5.74, 6) is -2.85. The number of nitrogens with two attached hydrogens (primary N) is 1. The van der Waals surface area contributed by atoms with Crippen LogP contribution >= 0.6 is 0 Å². The van der Waals surface area contributed by atoms with Gasteiger partial charge in [-0.15, -0.1) is 0 Å². The molecule has 0 aliphatic heterocycles. The van der Waals surface area contributed by atoms with Crippen molar-refractivity contribution in [1.29, 1.82) is 0 Å². The number of rotatable bonds is 21. The molecule has 0 spiro atoms. The van der Waals surface area contributed by atoms with Gasteiger partial charge in [-0.05, 0) is 42.5 Å². The number of hydrogen-bond donors (Lipinski definition) is 4. The summed E-state index contributed by atoms with van der Waals surface area (Å²) in [6.07, 6.45) is 0.740. The molecule has 0 aliphatic carbocycles. The summed E-state index contributed by atoms with van der Waals surface area (Å²) in [6, 6.07) is 14.7. The summed E-state index contributed by atoms with van der Waals surface area (Å²) in [5.41, 5.74) is 8.41. The van der Waals surface area contributed by atoms with Crippen LogP contribution < -0.4 is 21.1 Å². The van der Waals surface area contributed by atoms with E-state index in [4.69, 9.17) is 20.3 Å². The first-order valence-electron chi connectivity index (χ1n) is 15.0. The van der Waals surface area contributed by atoms with Gasteiger partial charge in [-0.2, -0.15) is 0 Å². The maximum absolute atomic E-state index is 13.6. The zero-order valence-corrected chi connectivity index (χ0v) is 26.7. The van der Waals surface area contributed by atoms with Crippen LogP contribution in [0.4, 0.5) is 0 Å². The molecule has 2 aromatic rings. The van der Waals surface area contributed by atoms with Crippen molar-refractivity contribution in [2.24, 2.45) is 5.73 Å². The van der Waals surface area contributed by atoms with Gasteiger partial charge in [-0.1, -0.05) is 69.2 Å². The molecule has 0 saturated carbocycles. The zero-order valence-electron chi connectivity index (χ0n) is 25.9. The third-order valence-electron chi connectivity index (χ3n) is 7.18. The number of sulfone groups is 1. The minimum absolute atomic E-state index is 0.150. The molecule has 0 aliphatic rings. The van der Waals surface area contributed by atoms with Crippen molar-refractivity contribution in [3.8, 4) is 5.75 Å². The van der Waals surface area contributed by atoms with Crippen molar-refractivity contribution < 1.29 is 37.4 Å². The number of carboxylic acid groups (broad SMARTS) is 1. The summed E-state index contributed by atoms with van der Waals surface area (Å²) in [5, 5.41) is 14.0. The van der Waals surface area contributed by atoms with Crippen molar-refractivity contribution in [2.75, 3.05) is 19.4 Å². The molecule has 0 heterocycles. The molecule has 0 aromatic heterocycles. The quantitative estimate of drug-likeness (QED) is 0.150. The lowest BCUT2D eigenvalue weighted by Crippen LogP contribution is -2.52. The molecule has 0 saturated heterocycles. The lowest BCUT2D eigenvalue weighted by atomic mass is 10.0. The Bertz CT molecular complexity index is 1280. The number of nitrogens with one attached hydrogen (secondary N) is 2. The van der Waals surface area contributed by atoms with Crippen molar-refractivity contribution in [1.82, 2.24) is 10.6 Å². The first kappa shape index (κ1) is 36.7. The van der Waals surface area contributed by atoms with E-state index in [1.807, 2.05) is 68.4 Å². The molecule has 11 nitrogen and oxygen atoms in total. The molecule has 2 aromatic carbocycles. The maximum atomic E-state index is 13.6. The summed E-state index contributed by atoms with van der Waals surface area (Å²) < 4.78 is 38.0. The van der Waals surface area contributed by atoms with E-state index >= 15 is 0 Å². The van der Waals surface area contributed by atoms with E-state index < -0.39 is 69.7 Å². The fraction of sp³-hybridized carbons (Fsp3) is 0.531. The van der Waals surface area contributed by atoms with Gasteiger partial charge in [0.1, 0.15) is 17.9 Å². The van der Waals surface area contributed by atoms with Crippen LogP contribution in [-0.4, -0.2) is 74.2 Å². The van der Waals surface area contributed by atoms with Crippen molar-refractivity contribution >= 4 is 27.7 Å². The highest BCUT2D eigenvalue weighted by Gasteiger charge is 2.35. The molecule has 0 fully saturated rings. The molecule has 1 amide bonds. The molecular weight excluding hydrogens is 586 g/mol. The number of amides is 1. The fourth-order valence-corrected chi connectivity index (χ4v) is 6.99. The number of carbonyl (C=O) groups excluding carboxylic acids is 2. The van der Waals surface area contributed by atoms with Gasteiger partial charge >= 0.3 is 11.9 Å². The summed E-state index contributed by atoms with van der Waals surface area (Å²) in [7, 11) is -2.24. The Kier molecular flexibility index (Phi) is 15.9. The highest BCUT2D eigenvalue weighted by atomic mass is 32.2. The number of hydrogen-bond acceptors (Lipinski definition) is 9. The number of methoxy groups -OCH3 is 1. The summed E-state index contributed by atoms with van der Waals surface area (Å²) >= 11 is 0. The van der Waals surface area contributed by atoms with Crippen molar-refractivity contribution in [3.63, 3.8) is 0 Å². The monoisotopic (exact) mass is 633 g/mol. The Balaban J connectivity index is 2.29. The Morgan fingerprint density at radius 1 is 0.955 bits per heavy atom. The van der Waals surface area contributed by atoms with Gasteiger partial charge in [0.25, 0.3) is 0 Å². The minimum Gasteiger partial charge on any atom is -0.497 e. The molecule has 1 unspecified atom stereocenters. The average molecular weight is 634 g/mol. The highest BCUT2D eigenvalue weighted by Crippen LogP contribution is 2.18. The third kappa shape index (κ3) is 13.0. The van der Waals surface area contributed by atoms with Gasteiger partial charge < -0.3 is 30.9 Å². The van der Waals surface area contributed by atoms with E-state index in [9.17, 15) is 22.8 Å². The number of esters is 1. The molecule has 5 N–H and O–H groups in total. The van der Waals surface area contributed by atoms with Crippen LogP contribution in [0.3, 0.4) is 0 Å². The maximum Gasteiger partial charge on any atom is 0.330 e. The van der Waals surface area contributed by atoms with E-state index in [-0.39, 0.29) is 6.54 Å². The second kappa shape index (κ2) is 19.0. The fourth-order valence-electron chi connectivity index (χ4n) is 4.84. The van der Waals surface area contributed by atoms with Gasteiger partial charge in [0, 0.05) is 25.6 Å². The van der Waals surface area contributed by atoms with Gasteiger partial charge in [0.05, 0.1) is 24.5 Å². The van der Waals surface area contributed by atoms with Crippen LogP contribution in [0.2, 0.25) is 0 Å². The number of carbonyl (C=O) groups is 3. The van der Waals surface area contributed by atoms with E-state index in [1.165, 1.54) is 0 Å². The third-order valence-corrected chi connectivity index (χ3v) is 9.47. The molecule has 244 valence electrons. The summed E-state index contributed by atoms with van der Waals surface area (Å²) in [4.78, 5) is 37.2. The van der Waals surface area contributed by atoms with Crippen LogP contribution in [0.25, 0.3) is 0 Å². The molecule has 0 bridgehead atoms.